The third-order valence-electron chi connectivity index (χ3n) is 2.80. The Morgan fingerprint density at radius 1 is 1.47 bits per heavy atom. The van der Waals surface area contributed by atoms with Gasteiger partial charge in [0.05, 0.1) is 17.6 Å². The minimum atomic E-state index is -0.396. The second-order valence-electron chi connectivity index (χ2n) is 4.34. The summed E-state index contributed by atoms with van der Waals surface area (Å²) in [5.41, 5.74) is 1.72. The van der Waals surface area contributed by atoms with E-state index in [0.717, 1.165) is 0 Å². The summed E-state index contributed by atoms with van der Waals surface area (Å²) in [6.07, 6.45) is 5.20. The number of carbonyl (C=O) groups excluding carboxylic acids is 1. The number of halogens is 1. The Balaban J connectivity index is 2.62. The van der Waals surface area contributed by atoms with E-state index in [-0.39, 0.29) is 12.5 Å². The van der Waals surface area contributed by atoms with Crippen molar-refractivity contribution >= 4 is 16.8 Å². The summed E-state index contributed by atoms with van der Waals surface area (Å²) < 4.78 is 13.3. The third kappa shape index (κ3) is 2.55. The van der Waals surface area contributed by atoms with Gasteiger partial charge in [0.25, 0.3) is 5.91 Å². The molecule has 4 heteroatoms. The van der Waals surface area contributed by atoms with Crippen LogP contribution in [0.15, 0.2) is 24.3 Å². The van der Waals surface area contributed by atoms with Crippen LogP contribution in [0.4, 0.5) is 4.39 Å². The molecule has 0 fully saturated rings. The molecule has 3 nitrogen and oxygen atoms in total. The Kier molecular flexibility index (Phi) is 3.48. The van der Waals surface area contributed by atoms with Crippen LogP contribution in [-0.2, 0) is 0 Å². The maximum absolute atomic E-state index is 13.3. The van der Waals surface area contributed by atoms with Gasteiger partial charge in [-0.15, -0.1) is 6.42 Å². The normalized spacial score (nSPS) is 10.2. The van der Waals surface area contributed by atoms with Crippen LogP contribution >= 0.6 is 0 Å². The van der Waals surface area contributed by atoms with Gasteiger partial charge in [-0.05, 0) is 31.2 Å². The topological polar surface area (TPSA) is 33.2 Å². The zero-order valence-electron chi connectivity index (χ0n) is 10.8. The Bertz CT molecular complexity index is 688. The van der Waals surface area contributed by atoms with Crippen LogP contribution in [0.25, 0.3) is 10.9 Å². The van der Waals surface area contributed by atoms with Crippen molar-refractivity contribution in [2.24, 2.45) is 0 Å². The lowest BCUT2D eigenvalue weighted by atomic mass is 10.1. The van der Waals surface area contributed by atoms with E-state index < -0.39 is 5.82 Å². The van der Waals surface area contributed by atoms with Crippen molar-refractivity contribution in [2.45, 2.75) is 6.92 Å². The molecule has 0 saturated carbocycles. The van der Waals surface area contributed by atoms with Crippen molar-refractivity contribution in [1.82, 2.24) is 9.88 Å². The summed E-state index contributed by atoms with van der Waals surface area (Å²) in [5.74, 6) is 1.77. The molecule has 0 N–H and O–H groups in total. The first-order chi connectivity index (χ1) is 9.02. The Labute approximate surface area is 111 Å². The van der Waals surface area contributed by atoms with Crippen LogP contribution in [0.1, 0.15) is 16.1 Å². The van der Waals surface area contributed by atoms with Gasteiger partial charge in [0, 0.05) is 18.1 Å². The van der Waals surface area contributed by atoms with Crippen molar-refractivity contribution < 1.29 is 9.18 Å². The van der Waals surface area contributed by atoms with Crippen molar-refractivity contribution in [3.63, 3.8) is 0 Å². The smallest absolute Gasteiger partial charge is 0.255 e. The average Bonchev–Trinajstić information content (AvgIpc) is 2.38. The first-order valence-electron chi connectivity index (χ1n) is 5.78. The standard InChI is InChI=1S/C15H13FN2O/c1-4-7-18(3)15(19)13-8-10(2)17-14-6-5-11(16)9-12(13)14/h1,5-6,8-9H,7H2,2-3H3. The zero-order valence-corrected chi connectivity index (χ0v) is 10.8. The van der Waals surface area contributed by atoms with Gasteiger partial charge in [0.15, 0.2) is 0 Å². The van der Waals surface area contributed by atoms with Gasteiger partial charge in [0.2, 0.25) is 0 Å². The molecule has 0 unspecified atom stereocenters. The lowest BCUT2D eigenvalue weighted by molar-refractivity contribution is 0.0814. The molecule has 1 heterocycles. The summed E-state index contributed by atoms with van der Waals surface area (Å²) in [5, 5.41) is 0.500. The first kappa shape index (κ1) is 13.0. The number of hydrogen-bond acceptors (Lipinski definition) is 2. The highest BCUT2D eigenvalue weighted by Gasteiger charge is 2.16. The molecule has 0 saturated heterocycles. The van der Waals surface area contributed by atoms with Crippen molar-refractivity contribution in [1.29, 1.82) is 0 Å². The van der Waals surface area contributed by atoms with Gasteiger partial charge in [-0.1, -0.05) is 5.92 Å². The zero-order chi connectivity index (χ0) is 14.0. The molecule has 0 atom stereocenters. The molecule has 1 aromatic carbocycles. The fraction of sp³-hybridized carbons (Fsp3) is 0.200. The van der Waals surface area contributed by atoms with Crippen molar-refractivity contribution in [2.75, 3.05) is 13.6 Å². The molecule has 0 aliphatic carbocycles. The summed E-state index contributed by atoms with van der Waals surface area (Å²) in [4.78, 5) is 18.0. The van der Waals surface area contributed by atoms with E-state index >= 15 is 0 Å². The second-order valence-corrected chi connectivity index (χ2v) is 4.34. The highest BCUT2D eigenvalue weighted by Crippen LogP contribution is 2.20. The summed E-state index contributed by atoms with van der Waals surface area (Å²) >= 11 is 0. The van der Waals surface area contributed by atoms with E-state index in [1.165, 1.54) is 17.0 Å². The minimum Gasteiger partial charge on any atom is -0.331 e. The SMILES string of the molecule is C#CCN(C)C(=O)c1cc(C)nc2ccc(F)cc12. The van der Waals surface area contributed by atoms with Gasteiger partial charge in [-0.3, -0.25) is 9.78 Å². The second kappa shape index (κ2) is 5.07. The number of amides is 1. The molecule has 96 valence electrons. The molecule has 0 bridgehead atoms. The van der Waals surface area contributed by atoms with Crippen LogP contribution in [0.2, 0.25) is 0 Å². The number of nitrogens with zero attached hydrogens (tertiary/aromatic N) is 2. The number of terminal acetylenes is 1. The van der Waals surface area contributed by atoms with Crippen molar-refractivity contribution in [3.8, 4) is 12.3 Å². The molecule has 2 aromatic rings. The van der Waals surface area contributed by atoms with Crippen LogP contribution in [0, 0.1) is 25.1 Å². The number of carbonyl (C=O) groups is 1. The number of hydrogen-bond donors (Lipinski definition) is 0. The maximum Gasteiger partial charge on any atom is 0.255 e. The molecule has 0 spiro atoms. The minimum absolute atomic E-state index is 0.205. The van der Waals surface area contributed by atoms with Gasteiger partial charge in [0.1, 0.15) is 5.82 Å². The van der Waals surface area contributed by atoms with E-state index in [4.69, 9.17) is 6.42 Å². The van der Waals surface area contributed by atoms with Gasteiger partial charge in [-0.25, -0.2) is 4.39 Å². The van der Waals surface area contributed by atoms with Crippen LogP contribution in [0.5, 0.6) is 0 Å². The number of rotatable bonds is 2. The predicted octanol–water partition coefficient (Wildman–Crippen LogP) is 2.39. The maximum atomic E-state index is 13.3. The number of aryl methyl sites for hydroxylation is 1. The molecule has 1 amide bonds. The Morgan fingerprint density at radius 3 is 2.89 bits per heavy atom. The van der Waals surface area contributed by atoms with Gasteiger partial charge < -0.3 is 4.90 Å². The number of benzene rings is 1. The largest absolute Gasteiger partial charge is 0.331 e. The Morgan fingerprint density at radius 2 is 2.21 bits per heavy atom. The summed E-state index contributed by atoms with van der Waals surface area (Å²) in [6.45, 7) is 2.00. The average molecular weight is 256 g/mol. The van der Waals surface area contributed by atoms with Crippen LogP contribution in [-0.4, -0.2) is 29.4 Å². The summed E-state index contributed by atoms with van der Waals surface area (Å²) in [6, 6.07) is 5.86. The molecule has 0 aliphatic rings. The number of aromatic nitrogens is 1. The molecule has 2 rings (SSSR count). The van der Waals surface area contributed by atoms with E-state index in [0.29, 0.717) is 22.2 Å². The van der Waals surface area contributed by atoms with E-state index in [9.17, 15) is 9.18 Å². The fourth-order valence-electron chi connectivity index (χ4n) is 1.92. The first-order valence-corrected chi connectivity index (χ1v) is 5.78. The van der Waals surface area contributed by atoms with Gasteiger partial charge in [-0.2, -0.15) is 0 Å². The predicted molar refractivity (Wildman–Crippen MR) is 72.2 cm³/mol. The van der Waals surface area contributed by atoms with E-state index in [1.54, 1.807) is 26.1 Å². The number of pyridine rings is 1. The highest BCUT2D eigenvalue weighted by molar-refractivity contribution is 6.06. The molecular weight excluding hydrogens is 243 g/mol. The van der Waals surface area contributed by atoms with Gasteiger partial charge >= 0.3 is 0 Å². The third-order valence-corrected chi connectivity index (χ3v) is 2.80. The monoisotopic (exact) mass is 256 g/mol. The highest BCUT2D eigenvalue weighted by atomic mass is 19.1. The Hall–Kier alpha value is -2.41. The quantitative estimate of drug-likeness (QED) is 0.773. The lowest BCUT2D eigenvalue weighted by Gasteiger charge is -2.15. The molecule has 1 aromatic heterocycles. The fourth-order valence-corrected chi connectivity index (χ4v) is 1.92. The summed E-state index contributed by atoms with van der Waals surface area (Å²) in [7, 11) is 1.61. The van der Waals surface area contributed by atoms with Crippen LogP contribution in [0.3, 0.4) is 0 Å². The van der Waals surface area contributed by atoms with Crippen LogP contribution < -0.4 is 0 Å². The lowest BCUT2D eigenvalue weighted by Crippen LogP contribution is -2.27. The van der Waals surface area contributed by atoms with E-state index in [2.05, 4.69) is 10.9 Å². The molecule has 0 aliphatic heterocycles. The molecular formula is C15H13FN2O. The van der Waals surface area contributed by atoms with Crippen molar-refractivity contribution in [3.05, 3.63) is 41.3 Å². The van der Waals surface area contributed by atoms with E-state index in [1.807, 2.05) is 0 Å². The molecule has 0 radical (unpaired) electrons. The molecule has 19 heavy (non-hydrogen) atoms. The number of fused-ring (bicyclic) bond motifs is 1.